The van der Waals surface area contributed by atoms with Crippen molar-refractivity contribution in [1.29, 1.82) is 0 Å². The molecule has 1 aliphatic heterocycles. The van der Waals surface area contributed by atoms with Crippen LogP contribution in [-0.4, -0.2) is 12.6 Å². The van der Waals surface area contributed by atoms with E-state index in [0.717, 1.165) is 18.8 Å². The third-order valence-electron chi connectivity index (χ3n) is 3.93. The van der Waals surface area contributed by atoms with Gasteiger partial charge in [0.25, 0.3) is 0 Å². The predicted octanol–water partition coefficient (Wildman–Crippen LogP) is 4.86. The summed E-state index contributed by atoms with van der Waals surface area (Å²) < 4.78 is 5.22. The van der Waals surface area contributed by atoms with E-state index in [-0.39, 0.29) is 5.97 Å². The quantitative estimate of drug-likeness (QED) is 0.577. The van der Waals surface area contributed by atoms with Crippen LogP contribution < -0.4 is 0 Å². The SMILES string of the molecule is C[C@H]1CCCCCCCCOC(=O)CCCCC1. The number of hydrogen-bond acceptors (Lipinski definition) is 2. The molecule has 0 bridgehead atoms. The summed E-state index contributed by atoms with van der Waals surface area (Å²) in [5, 5.41) is 0. The highest BCUT2D eigenvalue weighted by Crippen LogP contribution is 2.18. The molecule has 2 nitrogen and oxygen atoms in total. The molecule has 1 saturated heterocycles. The molecule has 1 rings (SSSR count). The minimum absolute atomic E-state index is 0.00939. The normalized spacial score (nSPS) is 26.5. The van der Waals surface area contributed by atoms with Gasteiger partial charge in [-0.25, -0.2) is 0 Å². The molecular formula is C16H30O2. The molecule has 0 N–H and O–H groups in total. The van der Waals surface area contributed by atoms with Crippen LogP contribution in [0.3, 0.4) is 0 Å². The summed E-state index contributed by atoms with van der Waals surface area (Å²) in [4.78, 5) is 11.4. The Labute approximate surface area is 112 Å². The highest BCUT2D eigenvalue weighted by molar-refractivity contribution is 5.69. The van der Waals surface area contributed by atoms with Crippen molar-refractivity contribution in [1.82, 2.24) is 0 Å². The van der Waals surface area contributed by atoms with Crippen molar-refractivity contribution in [3.05, 3.63) is 0 Å². The lowest BCUT2D eigenvalue weighted by Gasteiger charge is -2.11. The average molecular weight is 254 g/mol. The number of esters is 1. The van der Waals surface area contributed by atoms with E-state index in [2.05, 4.69) is 6.92 Å². The van der Waals surface area contributed by atoms with Crippen LogP contribution in [0.5, 0.6) is 0 Å². The van der Waals surface area contributed by atoms with Crippen LogP contribution in [0.25, 0.3) is 0 Å². The summed E-state index contributed by atoms with van der Waals surface area (Å²) in [5.74, 6) is 0.875. The van der Waals surface area contributed by atoms with Crippen LogP contribution in [0, 0.1) is 5.92 Å². The largest absolute Gasteiger partial charge is 0.466 e. The maximum absolute atomic E-state index is 11.4. The molecule has 1 heterocycles. The average Bonchev–Trinajstić information content (AvgIpc) is 2.35. The van der Waals surface area contributed by atoms with Gasteiger partial charge in [-0.1, -0.05) is 64.7 Å². The second-order valence-electron chi connectivity index (χ2n) is 5.83. The highest BCUT2D eigenvalue weighted by Gasteiger charge is 2.05. The first-order chi connectivity index (χ1) is 8.79. The predicted molar refractivity (Wildman–Crippen MR) is 75.5 cm³/mol. The zero-order valence-corrected chi connectivity index (χ0v) is 12.1. The minimum Gasteiger partial charge on any atom is -0.466 e. The van der Waals surface area contributed by atoms with Crippen molar-refractivity contribution in [2.45, 2.75) is 84.0 Å². The third kappa shape index (κ3) is 8.54. The van der Waals surface area contributed by atoms with E-state index in [1.165, 1.54) is 57.8 Å². The second-order valence-corrected chi connectivity index (χ2v) is 5.83. The van der Waals surface area contributed by atoms with E-state index in [1.807, 2.05) is 0 Å². The Morgan fingerprint density at radius 1 is 0.833 bits per heavy atom. The Balaban J connectivity index is 2.19. The molecular weight excluding hydrogens is 224 g/mol. The van der Waals surface area contributed by atoms with Crippen LogP contribution in [0.15, 0.2) is 0 Å². The maximum Gasteiger partial charge on any atom is 0.305 e. The Kier molecular flexibility index (Phi) is 8.97. The number of rotatable bonds is 0. The van der Waals surface area contributed by atoms with E-state index >= 15 is 0 Å². The molecule has 0 saturated carbocycles. The molecule has 0 aromatic rings. The lowest BCUT2D eigenvalue weighted by atomic mass is 9.96. The number of ether oxygens (including phenoxy) is 1. The Bertz CT molecular complexity index is 213. The van der Waals surface area contributed by atoms with Gasteiger partial charge in [0.2, 0.25) is 0 Å². The molecule has 0 aliphatic carbocycles. The second kappa shape index (κ2) is 10.4. The van der Waals surface area contributed by atoms with Crippen LogP contribution >= 0.6 is 0 Å². The minimum atomic E-state index is 0.00939. The number of carbonyl (C=O) groups excluding carboxylic acids is 1. The van der Waals surface area contributed by atoms with Crippen molar-refractivity contribution in [2.75, 3.05) is 6.61 Å². The topological polar surface area (TPSA) is 26.3 Å². The van der Waals surface area contributed by atoms with Gasteiger partial charge >= 0.3 is 5.97 Å². The zero-order chi connectivity index (χ0) is 13.1. The molecule has 0 aromatic heterocycles. The fourth-order valence-corrected chi connectivity index (χ4v) is 2.64. The molecule has 0 spiro atoms. The number of cyclic esters (lactones) is 1. The summed E-state index contributed by atoms with van der Waals surface area (Å²) in [6.07, 6.45) is 14.5. The van der Waals surface area contributed by atoms with E-state index in [1.54, 1.807) is 0 Å². The van der Waals surface area contributed by atoms with Gasteiger partial charge in [-0.3, -0.25) is 4.79 Å². The van der Waals surface area contributed by atoms with Gasteiger partial charge in [0.15, 0.2) is 0 Å². The summed E-state index contributed by atoms with van der Waals surface area (Å²) in [5.41, 5.74) is 0. The van der Waals surface area contributed by atoms with Gasteiger partial charge in [0.05, 0.1) is 6.61 Å². The maximum atomic E-state index is 11.4. The van der Waals surface area contributed by atoms with Crippen LogP contribution in [0.1, 0.15) is 84.0 Å². The zero-order valence-electron chi connectivity index (χ0n) is 12.1. The van der Waals surface area contributed by atoms with E-state index < -0.39 is 0 Å². The highest BCUT2D eigenvalue weighted by atomic mass is 16.5. The van der Waals surface area contributed by atoms with Gasteiger partial charge in [-0.15, -0.1) is 0 Å². The molecule has 2 heteroatoms. The van der Waals surface area contributed by atoms with Crippen molar-refractivity contribution >= 4 is 5.97 Å². The Morgan fingerprint density at radius 3 is 2.11 bits per heavy atom. The fraction of sp³-hybridized carbons (Fsp3) is 0.938. The molecule has 106 valence electrons. The van der Waals surface area contributed by atoms with Gasteiger partial charge in [0.1, 0.15) is 0 Å². The molecule has 0 aromatic carbocycles. The summed E-state index contributed by atoms with van der Waals surface area (Å²) >= 11 is 0. The summed E-state index contributed by atoms with van der Waals surface area (Å²) in [6.45, 7) is 3.01. The van der Waals surface area contributed by atoms with Crippen molar-refractivity contribution < 1.29 is 9.53 Å². The van der Waals surface area contributed by atoms with Crippen LogP contribution in [0.4, 0.5) is 0 Å². The van der Waals surface area contributed by atoms with Crippen molar-refractivity contribution in [2.24, 2.45) is 5.92 Å². The molecule has 1 aliphatic rings. The van der Waals surface area contributed by atoms with Gasteiger partial charge in [-0.2, -0.15) is 0 Å². The lowest BCUT2D eigenvalue weighted by Crippen LogP contribution is -2.06. The van der Waals surface area contributed by atoms with E-state index in [9.17, 15) is 4.79 Å². The number of carbonyl (C=O) groups is 1. The van der Waals surface area contributed by atoms with Crippen molar-refractivity contribution in [3.63, 3.8) is 0 Å². The lowest BCUT2D eigenvalue weighted by molar-refractivity contribution is -0.143. The molecule has 18 heavy (non-hydrogen) atoms. The first-order valence-electron chi connectivity index (χ1n) is 7.94. The Morgan fingerprint density at radius 2 is 1.39 bits per heavy atom. The van der Waals surface area contributed by atoms with Crippen molar-refractivity contribution in [3.8, 4) is 0 Å². The standard InChI is InChI=1S/C16H30O2/c1-15-11-7-4-2-3-5-10-14-18-16(17)13-9-6-8-12-15/h15H,2-14H2,1H3/t15-/m0/s1. The van der Waals surface area contributed by atoms with E-state index in [4.69, 9.17) is 4.74 Å². The first-order valence-corrected chi connectivity index (χ1v) is 7.94. The van der Waals surface area contributed by atoms with Crippen LogP contribution in [-0.2, 0) is 9.53 Å². The molecule has 1 fully saturated rings. The smallest absolute Gasteiger partial charge is 0.305 e. The molecule has 0 unspecified atom stereocenters. The Hall–Kier alpha value is -0.530. The van der Waals surface area contributed by atoms with Gasteiger partial charge in [0, 0.05) is 6.42 Å². The monoisotopic (exact) mass is 254 g/mol. The van der Waals surface area contributed by atoms with Crippen LogP contribution in [0.2, 0.25) is 0 Å². The fourth-order valence-electron chi connectivity index (χ4n) is 2.64. The summed E-state index contributed by atoms with van der Waals surface area (Å²) in [6, 6.07) is 0. The third-order valence-corrected chi connectivity index (χ3v) is 3.93. The first kappa shape index (κ1) is 15.5. The molecule has 1 atom stereocenters. The van der Waals surface area contributed by atoms with Gasteiger partial charge in [-0.05, 0) is 18.8 Å². The number of hydrogen-bond donors (Lipinski definition) is 0. The molecule has 0 radical (unpaired) electrons. The van der Waals surface area contributed by atoms with E-state index in [0.29, 0.717) is 13.0 Å². The summed E-state index contributed by atoms with van der Waals surface area (Å²) in [7, 11) is 0. The van der Waals surface area contributed by atoms with Gasteiger partial charge < -0.3 is 4.74 Å². The molecule has 0 amide bonds.